The molecule has 10 nitrogen and oxygen atoms in total. The Bertz CT molecular complexity index is 763. The molecule has 29 heavy (non-hydrogen) atoms. The minimum atomic E-state index is -0.785. The standard InChI is InChI=1S/C19H24N2O8/c1-13(18(23)14-3-4-15-16(9-14)27-11-26-15)20(2)19(24)29-12-28-17(22)10-21-5-7-25-8-6-21/h3-4,9,13H,5-8,10-12H2,1-2H3. The Kier molecular flexibility index (Phi) is 6.89. The molecule has 1 amide bonds. The van der Waals surface area contributed by atoms with Crippen LogP contribution in [0.15, 0.2) is 18.2 Å². The zero-order chi connectivity index (χ0) is 20.8. The third-order valence-electron chi connectivity index (χ3n) is 4.76. The van der Waals surface area contributed by atoms with E-state index in [2.05, 4.69) is 0 Å². The van der Waals surface area contributed by atoms with Crippen LogP contribution in [0, 0.1) is 0 Å². The van der Waals surface area contributed by atoms with Gasteiger partial charge in [-0.25, -0.2) is 4.79 Å². The molecule has 1 saturated heterocycles. The number of amides is 1. The summed E-state index contributed by atoms with van der Waals surface area (Å²) >= 11 is 0. The summed E-state index contributed by atoms with van der Waals surface area (Å²) in [5.74, 6) is 0.278. The minimum absolute atomic E-state index is 0.107. The maximum absolute atomic E-state index is 12.6. The van der Waals surface area contributed by atoms with E-state index in [-0.39, 0.29) is 19.1 Å². The minimum Gasteiger partial charge on any atom is -0.454 e. The molecule has 2 aliphatic heterocycles. The van der Waals surface area contributed by atoms with Gasteiger partial charge in [-0.05, 0) is 25.1 Å². The summed E-state index contributed by atoms with van der Waals surface area (Å²) in [6.45, 7) is 3.73. The molecule has 0 spiro atoms. The van der Waals surface area contributed by atoms with Crippen LogP contribution >= 0.6 is 0 Å². The Morgan fingerprint density at radius 3 is 2.62 bits per heavy atom. The predicted octanol–water partition coefficient (Wildman–Crippen LogP) is 0.888. The zero-order valence-corrected chi connectivity index (χ0v) is 16.4. The lowest BCUT2D eigenvalue weighted by molar-refractivity contribution is -0.154. The van der Waals surface area contributed by atoms with Gasteiger partial charge in [0.1, 0.15) is 0 Å². The topological polar surface area (TPSA) is 104 Å². The molecule has 0 saturated carbocycles. The molecule has 0 radical (unpaired) electrons. The molecule has 2 aliphatic rings. The van der Waals surface area contributed by atoms with E-state index in [1.807, 2.05) is 4.90 Å². The van der Waals surface area contributed by atoms with Crippen molar-refractivity contribution >= 4 is 17.8 Å². The molecule has 2 heterocycles. The number of morpholine rings is 1. The van der Waals surface area contributed by atoms with Gasteiger partial charge >= 0.3 is 12.1 Å². The summed E-state index contributed by atoms with van der Waals surface area (Å²) in [6.07, 6.45) is -0.772. The van der Waals surface area contributed by atoms with Gasteiger partial charge < -0.3 is 28.6 Å². The van der Waals surface area contributed by atoms with Crippen molar-refractivity contribution in [2.24, 2.45) is 0 Å². The number of Topliss-reactive ketones (excluding diaryl/α,β-unsaturated/α-hetero) is 1. The van der Waals surface area contributed by atoms with Gasteiger partial charge in [-0.15, -0.1) is 0 Å². The molecule has 158 valence electrons. The number of fused-ring (bicyclic) bond motifs is 1. The summed E-state index contributed by atoms with van der Waals surface area (Å²) in [7, 11) is 1.44. The van der Waals surface area contributed by atoms with E-state index in [4.69, 9.17) is 23.7 Å². The van der Waals surface area contributed by atoms with Crippen LogP contribution in [0.4, 0.5) is 4.79 Å². The molecule has 1 aromatic carbocycles. The number of esters is 1. The zero-order valence-electron chi connectivity index (χ0n) is 16.4. The monoisotopic (exact) mass is 408 g/mol. The van der Waals surface area contributed by atoms with Crippen LogP contribution in [0.2, 0.25) is 0 Å². The van der Waals surface area contributed by atoms with Crippen LogP contribution in [0.1, 0.15) is 17.3 Å². The van der Waals surface area contributed by atoms with E-state index in [0.717, 1.165) is 4.90 Å². The fraction of sp³-hybridized carbons (Fsp3) is 0.526. The van der Waals surface area contributed by atoms with Gasteiger partial charge in [0.2, 0.25) is 13.6 Å². The lowest BCUT2D eigenvalue weighted by Crippen LogP contribution is -2.42. The van der Waals surface area contributed by atoms with Crippen molar-refractivity contribution in [2.75, 3.05) is 53.5 Å². The second-order valence-electron chi connectivity index (χ2n) is 6.65. The normalized spacial score (nSPS) is 16.8. The number of hydrogen-bond donors (Lipinski definition) is 0. The van der Waals surface area contributed by atoms with Crippen molar-refractivity contribution in [2.45, 2.75) is 13.0 Å². The fourth-order valence-electron chi connectivity index (χ4n) is 2.86. The van der Waals surface area contributed by atoms with Crippen molar-refractivity contribution in [3.63, 3.8) is 0 Å². The molecule has 3 rings (SSSR count). The number of carbonyl (C=O) groups excluding carboxylic acids is 3. The van der Waals surface area contributed by atoms with Crippen LogP contribution in [0.25, 0.3) is 0 Å². The van der Waals surface area contributed by atoms with E-state index in [9.17, 15) is 14.4 Å². The van der Waals surface area contributed by atoms with E-state index in [0.29, 0.717) is 43.4 Å². The first-order chi connectivity index (χ1) is 14.0. The predicted molar refractivity (Wildman–Crippen MR) is 98.8 cm³/mol. The van der Waals surface area contributed by atoms with Crippen molar-refractivity contribution in [3.05, 3.63) is 23.8 Å². The number of rotatable bonds is 7. The van der Waals surface area contributed by atoms with Gasteiger partial charge in [0.05, 0.1) is 25.8 Å². The molecular weight excluding hydrogens is 384 g/mol. The first-order valence-corrected chi connectivity index (χ1v) is 9.25. The number of hydrogen-bond acceptors (Lipinski definition) is 9. The smallest absolute Gasteiger partial charge is 0.413 e. The molecule has 1 fully saturated rings. The summed E-state index contributed by atoms with van der Waals surface area (Å²) in [6, 6.07) is 4.05. The highest BCUT2D eigenvalue weighted by Crippen LogP contribution is 2.33. The molecule has 1 unspecified atom stereocenters. The fourth-order valence-corrected chi connectivity index (χ4v) is 2.86. The summed E-state index contributed by atoms with van der Waals surface area (Å²) < 4.78 is 25.6. The number of carbonyl (C=O) groups is 3. The van der Waals surface area contributed by atoms with Gasteiger partial charge in [-0.1, -0.05) is 0 Å². The molecule has 0 aliphatic carbocycles. The maximum Gasteiger partial charge on any atom is 0.413 e. The van der Waals surface area contributed by atoms with Gasteiger partial charge in [-0.3, -0.25) is 14.5 Å². The van der Waals surface area contributed by atoms with Gasteiger partial charge in [0, 0.05) is 25.7 Å². The van der Waals surface area contributed by atoms with Crippen molar-refractivity contribution in [1.29, 1.82) is 0 Å². The SMILES string of the molecule is CC(C(=O)c1ccc2c(c1)OCO2)N(C)C(=O)OCOC(=O)CN1CCOCC1. The second-order valence-corrected chi connectivity index (χ2v) is 6.65. The average Bonchev–Trinajstić information content (AvgIpc) is 3.20. The van der Waals surface area contributed by atoms with Gasteiger partial charge in [0.25, 0.3) is 0 Å². The van der Waals surface area contributed by atoms with Crippen molar-refractivity contribution < 1.29 is 38.1 Å². The van der Waals surface area contributed by atoms with E-state index >= 15 is 0 Å². The summed E-state index contributed by atoms with van der Waals surface area (Å²) in [5.41, 5.74) is 0.387. The van der Waals surface area contributed by atoms with E-state index < -0.39 is 24.9 Å². The van der Waals surface area contributed by atoms with E-state index in [1.54, 1.807) is 25.1 Å². The maximum atomic E-state index is 12.6. The molecule has 1 aromatic rings. The van der Waals surface area contributed by atoms with Crippen molar-refractivity contribution in [1.82, 2.24) is 9.80 Å². The number of ketones is 1. The Morgan fingerprint density at radius 1 is 1.14 bits per heavy atom. The van der Waals surface area contributed by atoms with Crippen LogP contribution in [0.5, 0.6) is 11.5 Å². The molecule has 10 heteroatoms. The van der Waals surface area contributed by atoms with Crippen LogP contribution < -0.4 is 9.47 Å². The lowest BCUT2D eigenvalue weighted by atomic mass is 10.0. The highest BCUT2D eigenvalue weighted by molar-refractivity contribution is 6.01. The van der Waals surface area contributed by atoms with Crippen molar-refractivity contribution in [3.8, 4) is 11.5 Å². The summed E-state index contributed by atoms with van der Waals surface area (Å²) in [4.78, 5) is 39.6. The molecule has 0 N–H and O–H groups in total. The van der Waals surface area contributed by atoms with Gasteiger partial charge in [0.15, 0.2) is 17.3 Å². The Labute approximate surface area is 168 Å². The summed E-state index contributed by atoms with van der Waals surface area (Å²) in [5, 5.41) is 0. The Hall–Kier alpha value is -2.85. The Balaban J connectivity index is 1.43. The third kappa shape index (κ3) is 5.36. The highest BCUT2D eigenvalue weighted by atomic mass is 16.7. The van der Waals surface area contributed by atoms with E-state index in [1.165, 1.54) is 7.05 Å². The first kappa shape index (κ1) is 20.9. The number of nitrogens with zero attached hydrogens (tertiary/aromatic N) is 2. The number of ether oxygens (including phenoxy) is 5. The van der Waals surface area contributed by atoms with Crippen LogP contribution in [-0.2, 0) is 19.0 Å². The largest absolute Gasteiger partial charge is 0.454 e. The van der Waals surface area contributed by atoms with Gasteiger partial charge in [-0.2, -0.15) is 0 Å². The van der Waals surface area contributed by atoms with Crippen LogP contribution in [0.3, 0.4) is 0 Å². The lowest BCUT2D eigenvalue weighted by Gasteiger charge is -2.25. The number of likely N-dealkylation sites (N-methyl/N-ethyl adjacent to an activating group) is 1. The molecule has 0 bridgehead atoms. The Morgan fingerprint density at radius 2 is 1.86 bits per heavy atom. The molecule has 1 atom stereocenters. The number of benzene rings is 1. The quantitative estimate of drug-likeness (QED) is 0.369. The molecular formula is C19H24N2O8. The first-order valence-electron chi connectivity index (χ1n) is 9.25. The average molecular weight is 408 g/mol. The highest BCUT2D eigenvalue weighted by Gasteiger charge is 2.26. The second kappa shape index (κ2) is 9.57. The molecule has 0 aromatic heterocycles. The van der Waals surface area contributed by atoms with Crippen LogP contribution in [-0.4, -0.2) is 87.2 Å². The third-order valence-corrected chi connectivity index (χ3v) is 4.76.